The van der Waals surface area contributed by atoms with Crippen LogP contribution in [0, 0.1) is 5.92 Å². The molecule has 2 aromatic rings. The number of alkyl halides is 3. The molecule has 1 saturated carbocycles. The molecule has 0 aliphatic heterocycles. The van der Waals surface area contributed by atoms with Gasteiger partial charge >= 0.3 is 6.18 Å². The molecule has 2 amide bonds. The molecule has 130 valence electrons. The fourth-order valence-corrected chi connectivity index (χ4v) is 2.24. The number of hydrogen-bond donors (Lipinski definition) is 2. The van der Waals surface area contributed by atoms with E-state index in [0.717, 1.165) is 37.1 Å². The van der Waals surface area contributed by atoms with Crippen LogP contribution in [0.15, 0.2) is 48.5 Å². The Balaban J connectivity index is 1.61. The first-order chi connectivity index (χ1) is 11.8. The van der Waals surface area contributed by atoms with Crippen LogP contribution in [-0.2, 0) is 11.0 Å². The largest absolute Gasteiger partial charge is 0.416 e. The molecule has 2 N–H and O–H groups in total. The van der Waals surface area contributed by atoms with Gasteiger partial charge in [-0.1, -0.05) is 0 Å². The molecule has 7 heteroatoms. The van der Waals surface area contributed by atoms with Crippen LogP contribution in [0.3, 0.4) is 0 Å². The third-order valence-electron chi connectivity index (χ3n) is 3.83. The molecule has 1 aliphatic carbocycles. The van der Waals surface area contributed by atoms with Crippen molar-refractivity contribution in [3.8, 4) is 0 Å². The lowest BCUT2D eigenvalue weighted by Gasteiger charge is -2.09. The van der Waals surface area contributed by atoms with Gasteiger partial charge in [0, 0.05) is 22.9 Å². The highest BCUT2D eigenvalue weighted by Crippen LogP contribution is 2.30. The standard InChI is InChI=1S/C18H15F3N2O2/c19-18(20,21)13-5-3-12(4-6-13)17(25)23-15-9-7-14(8-10-15)22-16(24)11-1-2-11/h3-11H,1-2H2,(H,22,24)(H,23,25). The third-order valence-corrected chi connectivity index (χ3v) is 3.83. The number of benzene rings is 2. The number of carbonyl (C=O) groups excluding carboxylic acids is 2. The predicted molar refractivity (Wildman–Crippen MR) is 87.2 cm³/mol. The van der Waals surface area contributed by atoms with Gasteiger partial charge in [-0.05, 0) is 61.4 Å². The van der Waals surface area contributed by atoms with Gasteiger partial charge in [-0.3, -0.25) is 9.59 Å². The van der Waals surface area contributed by atoms with E-state index in [4.69, 9.17) is 0 Å². The molecule has 0 unspecified atom stereocenters. The van der Waals surface area contributed by atoms with E-state index in [1.807, 2.05) is 0 Å². The van der Waals surface area contributed by atoms with E-state index in [0.29, 0.717) is 11.4 Å². The molecule has 4 nitrogen and oxygen atoms in total. The highest BCUT2D eigenvalue weighted by molar-refractivity contribution is 6.04. The summed E-state index contributed by atoms with van der Waals surface area (Å²) in [6, 6.07) is 10.5. The third kappa shape index (κ3) is 4.37. The van der Waals surface area contributed by atoms with Crippen molar-refractivity contribution >= 4 is 23.2 Å². The molecule has 0 radical (unpaired) electrons. The van der Waals surface area contributed by atoms with Crippen LogP contribution in [0.5, 0.6) is 0 Å². The summed E-state index contributed by atoms with van der Waals surface area (Å²) in [4.78, 5) is 23.7. The van der Waals surface area contributed by atoms with Gasteiger partial charge in [-0.15, -0.1) is 0 Å². The summed E-state index contributed by atoms with van der Waals surface area (Å²) in [5.41, 5.74) is 0.428. The maximum Gasteiger partial charge on any atom is 0.416 e. The Bertz CT molecular complexity index is 779. The first kappa shape index (κ1) is 17.0. The number of anilines is 2. The van der Waals surface area contributed by atoms with E-state index < -0.39 is 17.6 Å². The van der Waals surface area contributed by atoms with Gasteiger partial charge in [0.05, 0.1) is 5.56 Å². The lowest BCUT2D eigenvalue weighted by Crippen LogP contribution is -2.14. The average Bonchev–Trinajstić information content (AvgIpc) is 3.41. The summed E-state index contributed by atoms with van der Waals surface area (Å²) in [5, 5.41) is 5.38. The van der Waals surface area contributed by atoms with Crippen LogP contribution in [0.25, 0.3) is 0 Å². The van der Waals surface area contributed by atoms with Crippen LogP contribution in [-0.4, -0.2) is 11.8 Å². The Morgan fingerprint density at radius 3 is 1.84 bits per heavy atom. The molecule has 0 bridgehead atoms. The quantitative estimate of drug-likeness (QED) is 0.865. The SMILES string of the molecule is O=C(Nc1ccc(NC(=O)C2CC2)cc1)c1ccc(C(F)(F)F)cc1. The number of hydrogen-bond acceptors (Lipinski definition) is 2. The van der Waals surface area contributed by atoms with E-state index in [2.05, 4.69) is 10.6 Å². The lowest BCUT2D eigenvalue weighted by atomic mass is 10.1. The molecule has 1 fully saturated rings. The maximum atomic E-state index is 12.5. The Morgan fingerprint density at radius 2 is 1.36 bits per heavy atom. The molecule has 25 heavy (non-hydrogen) atoms. The van der Waals surface area contributed by atoms with E-state index >= 15 is 0 Å². The van der Waals surface area contributed by atoms with Crippen molar-refractivity contribution in [1.82, 2.24) is 0 Å². The molecular weight excluding hydrogens is 333 g/mol. The van der Waals surface area contributed by atoms with E-state index in [-0.39, 0.29) is 17.4 Å². The second kappa shape index (κ2) is 6.58. The first-order valence-electron chi connectivity index (χ1n) is 7.72. The number of rotatable bonds is 4. The Labute approximate surface area is 142 Å². The summed E-state index contributed by atoms with van der Waals surface area (Å²) in [7, 11) is 0. The van der Waals surface area contributed by atoms with Gasteiger partial charge in [0.2, 0.25) is 5.91 Å². The van der Waals surface area contributed by atoms with Crippen molar-refractivity contribution in [2.24, 2.45) is 5.92 Å². The number of amides is 2. The molecule has 0 atom stereocenters. The molecular formula is C18H15F3N2O2. The zero-order valence-corrected chi connectivity index (χ0v) is 13.1. The summed E-state index contributed by atoms with van der Waals surface area (Å²) >= 11 is 0. The van der Waals surface area contributed by atoms with Gasteiger partial charge < -0.3 is 10.6 Å². The highest BCUT2D eigenvalue weighted by atomic mass is 19.4. The van der Waals surface area contributed by atoms with E-state index in [1.165, 1.54) is 0 Å². The molecule has 2 aromatic carbocycles. The smallest absolute Gasteiger partial charge is 0.326 e. The van der Waals surface area contributed by atoms with Crippen LogP contribution < -0.4 is 10.6 Å². The van der Waals surface area contributed by atoms with Crippen molar-refractivity contribution < 1.29 is 22.8 Å². The van der Waals surface area contributed by atoms with Gasteiger partial charge in [0.15, 0.2) is 0 Å². The van der Waals surface area contributed by atoms with Crippen LogP contribution in [0.1, 0.15) is 28.8 Å². The van der Waals surface area contributed by atoms with Gasteiger partial charge in [-0.25, -0.2) is 0 Å². The number of halogens is 3. The Hall–Kier alpha value is -2.83. The van der Waals surface area contributed by atoms with Gasteiger partial charge in [0.1, 0.15) is 0 Å². The van der Waals surface area contributed by atoms with E-state index in [9.17, 15) is 22.8 Å². The topological polar surface area (TPSA) is 58.2 Å². The summed E-state index contributed by atoms with van der Waals surface area (Å²) < 4.78 is 37.6. The Morgan fingerprint density at radius 1 is 0.840 bits per heavy atom. The average molecular weight is 348 g/mol. The number of carbonyl (C=O) groups is 2. The first-order valence-corrected chi connectivity index (χ1v) is 7.72. The van der Waals surface area contributed by atoms with Gasteiger partial charge in [-0.2, -0.15) is 13.2 Å². The summed E-state index contributed by atoms with van der Waals surface area (Å²) in [6.07, 6.45) is -2.62. The Kier molecular flexibility index (Phi) is 4.48. The second-order valence-corrected chi connectivity index (χ2v) is 5.87. The number of nitrogens with one attached hydrogen (secondary N) is 2. The molecule has 0 spiro atoms. The summed E-state index contributed by atoms with van der Waals surface area (Å²) in [5.74, 6) is -0.427. The molecule has 0 saturated heterocycles. The fraction of sp³-hybridized carbons (Fsp3) is 0.222. The van der Waals surface area contributed by atoms with Crippen molar-refractivity contribution in [2.45, 2.75) is 19.0 Å². The molecule has 3 rings (SSSR count). The normalized spacial score (nSPS) is 14.0. The highest BCUT2D eigenvalue weighted by Gasteiger charge is 2.30. The monoisotopic (exact) mass is 348 g/mol. The zero-order chi connectivity index (χ0) is 18.0. The lowest BCUT2D eigenvalue weighted by molar-refractivity contribution is -0.137. The van der Waals surface area contributed by atoms with Gasteiger partial charge in [0.25, 0.3) is 5.91 Å². The van der Waals surface area contributed by atoms with Crippen molar-refractivity contribution in [1.29, 1.82) is 0 Å². The molecule has 0 heterocycles. The minimum Gasteiger partial charge on any atom is -0.326 e. The minimum absolute atomic E-state index is 0.0125. The van der Waals surface area contributed by atoms with E-state index in [1.54, 1.807) is 24.3 Å². The van der Waals surface area contributed by atoms with Crippen molar-refractivity contribution in [2.75, 3.05) is 10.6 Å². The maximum absolute atomic E-state index is 12.5. The minimum atomic E-state index is -4.43. The second-order valence-electron chi connectivity index (χ2n) is 5.87. The fourth-order valence-electron chi connectivity index (χ4n) is 2.24. The predicted octanol–water partition coefficient (Wildman–Crippen LogP) is 4.31. The van der Waals surface area contributed by atoms with Crippen molar-refractivity contribution in [3.63, 3.8) is 0 Å². The molecule has 0 aromatic heterocycles. The molecule has 1 aliphatic rings. The zero-order valence-electron chi connectivity index (χ0n) is 13.1. The van der Waals surface area contributed by atoms with Crippen molar-refractivity contribution in [3.05, 3.63) is 59.7 Å². The van der Waals surface area contributed by atoms with Crippen LogP contribution in [0.4, 0.5) is 24.5 Å². The summed E-state index contributed by atoms with van der Waals surface area (Å²) in [6.45, 7) is 0. The van der Waals surface area contributed by atoms with Crippen LogP contribution in [0.2, 0.25) is 0 Å². The van der Waals surface area contributed by atoms with Crippen LogP contribution >= 0.6 is 0 Å².